The van der Waals surface area contributed by atoms with Gasteiger partial charge in [-0.3, -0.25) is 0 Å². The Hall–Kier alpha value is -0.0900. The largest absolute Gasteiger partial charge is 0.242 e. The van der Waals surface area contributed by atoms with Gasteiger partial charge in [-0.15, -0.1) is 0 Å². The Morgan fingerprint density at radius 1 is 1.67 bits per heavy atom. The summed E-state index contributed by atoms with van der Waals surface area (Å²) in [5.74, 6) is -0.507. The maximum Gasteiger partial charge on any atom is 0.161 e. The van der Waals surface area contributed by atoms with Gasteiger partial charge in [-0.2, -0.15) is 0 Å². The van der Waals surface area contributed by atoms with Crippen LogP contribution in [-0.2, 0) is 9.84 Å². The highest BCUT2D eigenvalue weighted by atomic mass is 32.2. The van der Waals surface area contributed by atoms with E-state index >= 15 is 0 Å². The number of hydrogen-bond donors (Lipinski definition) is 0. The van der Waals surface area contributed by atoms with Gasteiger partial charge in [0.2, 0.25) is 0 Å². The molecule has 3 nitrogen and oxygen atoms in total. The van der Waals surface area contributed by atoms with Crippen molar-refractivity contribution in [2.75, 3.05) is 12.1 Å². The smallest absolute Gasteiger partial charge is 0.161 e. The first-order valence-electron chi connectivity index (χ1n) is 1.38. The second-order valence-corrected chi connectivity index (χ2v) is 3.21. The highest BCUT2D eigenvalue weighted by molar-refractivity contribution is 7.90. The minimum Gasteiger partial charge on any atom is -0.242 e. The van der Waals surface area contributed by atoms with E-state index in [0.717, 1.165) is 6.26 Å². The highest BCUT2D eigenvalue weighted by Gasteiger charge is 1.91. The van der Waals surface area contributed by atoms with E-state index in [9.17, 15) is 8.42 Å². The third-order valence-electron chi connectivity index (χ3n) is 0.262. The summed E-state index contributed by atoms with van der Waals surface area (Å²) in [5.41, 5.74) is 6.27. The lowest BCUT2D eigenvalue weighted by Crippen LogP contribution is -2.01. The van der Waals surface area contributed by atoms with Gasteiger partial charge in [0, 0.05) is 6.26 Å². The molecular weight excluding hydrogens is 102 g/mol. The van der Waals surface area contributed by atoms with E-state index in [-0.39, 0.29) is 0 Å². The molecule has 6 heavy (non-hydrogen) atoms. The zero-order valence-corrected chi connectivity index (χ0v) is 4.25. The summed E-state index contributed by atoms with van der Waals surface area (Å²) in [6.45, 7) is 0. The molecule has 0 unspecified atom stereocenters. The van der Waals surface area contributed by atoms with Crippen LogP contribution in [0.3, 0.4) is 0 Å². The fourth-order valence-corrected chi connectivity index (χ4v) is 0. The predicted molar refractivity (Wildman–Crippen MR) is 22.8 cm³/mol. The number of sulfone groups is 1. The van der Waals surface area contributed by atoms with E-state index in [1.807, 2.05) is 0 Å². The Kier molecular flexibility index (Phi) is 1.55. The molecule has 4 heteroatoms. The third kappa shape index (κ3) is 3.91. The van der Waals surface area contributed by atoms with Gasteiger partial charge in [0.1, 0.15) is 5.88 Å². The quantitative estimate of drug-likeness (QED) is 0.444. The Morgan fingerprint density at radius 2 is 1.83 bits per heavy atom. The monoisotopic (exact) mass is 108 g/mol. The molecule has 0 rings (SSSR count). The van der Waals surface area contributed by atoms with Crippen LogP contribution in [0.2, 0.25) is 0 Å². The molecule has 0 heterocycles. The molecule has 0 amide bonds. The first-order valence-corrected chi connectivity index (χ1v) is 3.44. The van der Waals surface area contributed by atoms with Crippen molar-refractivity contribution in [2.24, 2.45) is 0 Å². The van der Waals surface area contributed by atoms with E-state index in [4.69, 9.17) is 5.73 Å². The zero-order chi connectivity index (χ0) is 5.21. The number of rotatable bonds is 1. The molecule has 0 aromatic rings. The van der Waals surface area contributed by atoms with E-state index in [0.29, 0.717) is 0 Å². The maximum absolute atomic E-state index is 9.81. The van der Waals surface area contributed by atoms with Crippen LogP contribution in [0.5, 0.6) is 0 Å². The van der Waals surface area contributed by atoms with E-state index < -0.39 is 15.7 Å². The third-order valence-corrected chi connectivity index (χ3v) is 0.787. The minimum absolute atomic E-state index is 0.507. The molecule has 0 bridgehead atoms. The molecule has 0 saturated carbocycles. The molecule has 0 aromatic heterocycles. The van der Waals surface area contributed by atoms with Crippen LogP contribution in [0.1, 0.15) is 0 Å². The van der Waals surface area contributed by atoms with Gasteiger partial charge < -0.3 is 0 Å². The van der Waals surface area contributed by atoms with Crippen molar-refractivity contribution in [3.8, 4) is 0 Å². The summed E-state index contributed by atoms with van der Waals surface area (Å²) < 4.78 is 19.6. The van der Waals surface area contributed by atoms with E-state index in [1.165, 1.54) is 0 Å². The average molecular weight is 108 g/mol. The fourth-order valence-electron chi connectivity index (χ4n) is 0. The van der Waals surface area contributed by atoms with Gasteiger partial charge >= 0.3 is 0 Å². The lowest BCUT2D eigenvalue weighted by Gasteiger charge is -1.80. The SMILES string of the molecule is CS(=O)(=O)C[NH]. The molecule has 0 atom stereocenters. The first-order chi connectivity index (χ1) is 2.56. The van der Waals surface area contributed by atoms with Crippen molar-refractivity contribution in [3.05, 3.63) is 0 Å². The molecular formula is C2H6NO2S. The normalized spacial score (nSPS) is 11.7. The minimum atomic E-state index is -3.00. The van der Waals surface area contributed by atoms with Crippen molar-refractivity contribution < 1.29 is 8.42 Å². The molecule has 1 radical (unpaired) electrons. The van der Waals surface area contributed by atoms with Gasteiger partial charge in [-0.1, -0.05) is 0 Å². The molecule has 0 fully saturated rings. The van der Waals surface area contributed by atoms with Crippen LogP contribution in [0.25, 0.3) is 0 Å². The Balaban J connectivity index is 3.85. The molecule has 0 aliphatic rings. The van der Waals surface area contributed by atoms with Crippen LogP contribution >= 0.6 is 0 Å². The topological polar surface area (TPSA) is 57.9 Å². The maximum atomic E-state index is 9.81. The molecule has 0 spiro atoms. The van der Waals surface area contributed by atoms with Gasteiger partial charge in [-0.05, 0) is 0 Å². The van der Waals surface area contributed by atoms with E-state index in [2.05, 4.69) is 0 Å². The Labute approximate surface area is 37.1 Å². The van der Waals surface area contributed by atoms with Crippen molar-refractivity contribution in [1.29, 1.82) is 0 Å². The average Bonchev–Trinajstić information content (AvgIpc) is 1.35. The Bertz CT molecular complexity index is 114. The van der Waals surface area contributed by atoms with Gasteiger partial charge in [0.05, 0.1) is 0 Å². The van der Waals surface area contributed by atoms with Gasteiger partial charge in [0.15, 0.2) is 9.84 Å². The lowest BCUT2D eigenvalue weighted by molar-refractivity contribution is 0.601. The first kappa shape index (κ1) is 5.91. The number of nitrogens with one attached hydrogen (secondary N) is 1. The highest BCUT2D eigenvalue weighted by Crippen LogP contribution is 1.71. The molecule has 0 aromatic carbocycles. The standard InChI is InChI=1S/C2H6NO2S/c1-6(4,5)2-3/h3H,2H2,1H3. The summed E-state index contributed by atoms with van der Waals surface area (Å²) >= 11 is 0. The predicted octanol–water partition coefficient (Wildman–Crippen LogP) is -0.729. The summed E-state index contributed by atoms with van der Waals surface area (Å²) in [6, 6.07) is 0. The molecule has 0 saturated heterocycles. The van der Waals surface area contributed by atoms with Crippen molar-refractivity contribution in [3.63, 3.8) is 0 Å². The van der Waals surface area contributed by atoms with Gasteiger partial charge in [-0.25, -0.2) is 14.2 Å². The van der Waals surface area contributed by atoms with Crippen molar-refractivity contribution in [2.45, 2.75) is 0 Å². The van der Waals surface area contributed by atoms with Crippen LogP contribution in [-0.4, -0.2) is 20.6 Å². The van der Waals surface area contributed by atoms with Gasteiger partial charge in [0.25, 0.3) is 0 Å². The summed E-state index contributed by atoms with van der Waals surface area (Å²) in [7, 11) is -3.00. The van der Waals surface area contributed by atoms with E-state index in [1.54, 1.807) is 0 Å². The number of hydrogen-bond acceptors (Lipinski definition) is 2. The van der Waals surface area contributed by atoms with Crippen LogP contribution in [0, 0.1) is 0 Å². The fraction of sp³-hybridized carbons (Fsp3) is 1.00. The van der Waals surface area contributed by atoms with Crippen molar-refractivity contribution >= 4 is 9.84 Å². The zero-order valence-electron chi connectivity index (χ0n) is 3.43. The molecule has 0 aliphatic heterocycles. The Morgan fingerprint density at radius 3 is 1.83 bits per heavy atom. The summed E-state index contributed by atoms with van der Waals surface area (Å²) in [6.07, 6.45) is 1.03. The van der Waals surface area contributed by atoms with Crippen LogP contribution in [0.4, 0.5) is 0 Å². The summed E-state index contributed by atoms with van der Waals surface area (Å²) in [5, 5.41) is 0. The second kappa shape index (κ2) is 1.57. The summed E-state index contributed by atoms with van der Waals surface area (Å²) in [4.78, 5) is 0. The lowest BCUT2D eigenvalue weighted by atomic mass is 11.5. The van der Waals surface area contributed by atoms with Crippen LogP contribution < -0.4 is 5.73 Å². The molecule has 37 valence electrons. The molecule has 0 aliphatic carbocycles. The van der Waals surface area contributed by atoms with Crippen LogP contribution in [0.15, 0.2) is 0 Å². The molecule has 1 N–H and O–H groups in total. The van der Waals surface area contributed by atoms with Crippen molar-refractivity contribution in [1.82, 2.24) is 5.73 Å². The second-order valence-electron chi connectivity index (χ2n) is 1.07.